The summed E-state index contributed by atoms with van der Waals surface area (Å²) in [5.74, 6) is -1.28. The predicted octanol–water partition coefficient (Wildman–Crippen LogP) is 2.21. The lowest BCUT2D eigenvalue weighted by Gasteiger charge is -2.40. The summed E-state index contributed by atoms with van der Waals surface area (Å²) in [6.45, 7) is 1.21. The third kappa shape index (κ3) is 2.37. The van der Waals surface area contributed by atoms with Gasteiger partial charge in [-0.2, -0.15) is 0 Å². The van der Waals surface area contributed by atoms with Crippen molar-refractivity contribution in [2.45, 2.75) is 56.7 Å². The molecule has 2 rings (SSSR count). The summed E-state index contributed by atoms with van der Waals surface area (Å²) in [5, 5.41) is 8.80. The van der Waals surface area contributed by atoms with Gasteiger partial charge in [0.2, 0.25) is 5.67 Å². The van der Waals surface area contributed by atoms with Crippen molar-refractivity contribution in [3.05, 3.63) is 0 Å². The maximum absolute atomic E-state index is 13.8. The number of piperidine rings is 1. The lowest BCUT2D eigenvalue weighted by molar-refractivity contribution is -0.154. The Balaban J connectivity index is 1.87. The molecule has 0 aromatic rings. The zero-order valence-corrected chi connectivity index (χ0v) is 9.62. The zero-order valence-electron chi connectivity index (χ0n) is 9.62. The highest BCUT2D eigenvalue weighted by Gasteiger charge is 2.42. The van der Waals surface area contributed by atoms with Gasteiger partial charge in [-0.05, 0) is 12.8 Å². The van der Waals surface area contributed by atoms with Crippen LogP contribution < -0.4 is 0 Å². The molecule has 1 N–H and O–H groups in total. The molecular formula is C12H20FNO2. The van der Waals surface area contributed by atoms with E-state index in [0.29, 0.717) is 19.1 Å². The Morgan fingerprint density at radius 1 is 1.19 bits per heavy atom. The van der Waals surface area contributed by atoms with Crippen LogP contribution in [0.3, 0.4) is 0 Å². The second-order valence-corrected chi connectivity index (χ2v) is 5.10. The Morgan fingerprint density at radius 2 is 1.75 bits per heavy atom. The van der Waals surface area contributed by atoms with Gasteiger partial charge in [-0.25, -0.2) is 9.18 Å². The van der Waals surface area contributed by atoms with E-state index in [4.69, 9.17) is 5.11 Å². The first-order valence-corrected chi connectivity index (χ1v) is 6.28. The monoisotopic (exact) mass is 229 g/mol. The molecule has 0 amide bonds. The molecule has 0 radical (unpaired) electrons. The SMILES string of the molecule is O=C(O)C1(F)CCN(C2CCCCC2)CC1. The molecule has 92 valence electrons. The minimum absolute atomic E-state index is 0.152. The molecule has 0 aromatic carbocycles. The molecule has 0 unspecified atom stereocenters. The molecule has 4 heteroatoms. The van der Waals surface area contributed by atoms with Gasteiger partial charge < -0.3 is 10.0 Å². The minimum atomic E-state index is -1.97. The molecule has 1 saturated heterocycles. The first-order valence-electron chi connectivity index (χ1n) is 6.28. The maximum Gasteiger partial charge on any atom is 0.341 e. The highest BCUT2D eigenvalue weighted by atomic mass is 19.1. The molecule has 2 aliphatic rings. The molecule has 0 aromatic heterocycles. The molecule has 0 bridgehead atoms. The number of hydrogen-bond acceptors (Lipinski definition) is 2. The fourth-order valence-electron chi connectivity index (χ4n) is 2.90. The van der Waals surface area contributed by atoms with Gasteiger partial charge in [-0.3, -0.25) is 0 Å². The summed E-state index contributed by atoms with van der Waals surface area (Å²) in [6, 6.07) is 0.576. The van der Waals surface area contributed by atoms with Crippen LogP contribution >= 0.6 is 0 Å². The number of rotatable bonds is 2. The van der Waals surface area contributed by atoms with E-state index in [1.54, 1.807) is 0 Å². The van der Waals surface area contributed by atoms with Crippen molar-refractivity contribution in [2.24, 2.45) is 0 Å². The standard InChI is InChI=1S/C12H20FNO2/c13-12(11(15)16)6-8-14(9-7-12)10-4-2-1-3-5-10/h10H,1-9H2,(H,15,16). The van der Waals surface area contributed by atoms with Gasteiger partial charge in [-0.15, -0.1) is 0 Å². The minimum Gasteiger partial charge on any atom is -0.479 e. The second kappa shape index (κ2) is 4.70. The van der Waals surface area contributed by atoms with Gasteiger partial charge in [0.15, 0.2) is 0 Å². The van der Waals surface area contributed by atoms with Crippen molar-refractivity contribution in [3.8, 4) is 0 Å². The van der Waals surface area contributed by atoms with Crippen molar-refractivity contribution in [1.29, 1.82) is 0 Å². The summed E-state index contributed by atoms with van der Waals surface area (Å²) in [4.78, 5) is 13.1. The van der Waals surface area contributed by atoms with Crippen LogP contribution in [0.4, 0.5) is 4.39 Å². The van der Waals surface area contributed by atoms with E-state index >= 15 is 0 Å². The quantitative estimate of drug-likeness (QED) is 0.789. The first-order chi connectivity index (χ1) is 7.62. The number of halogens is 1. The van der Waals surface area contributed by atoms with Crippen LogP contribution in [0.2, 0.25) is 0 Å². The van der Waals surface area contributed by atoms with Gasteiger partial charge in [0, 0.05) is 32.0 Å². The summed E-state index contributed by atoms with van der Waals surface area (Å²) < 4.78 is 13.8. The number of carbonyl (C=O) groups is 1. The fourth-order valence-corrected chi connectivity index (χ4v) is 2.90. The van der Waals surface area contributed by atoms with Gasteiger partial charge in [-0.1, -0.05) is 19.3 Å². The Kier molecular flexibility index (Phi) is 3.47. The van der Waals surface area contributed by atoms with Crippen LogP contribution in [0.5, 0.6) is 0 Å². The molecule has 0 atom stereocenters. The molecular weight excluding hydrogens is 209 g/mol. The summed E-state index contributed by atoms with van der Waals surface area (Å²) >= 11 is 0. The number of alkyl halides is 1. The zero-order chi connectivity index (χ0) is 11.6. The summed E-state index contributed by atoms with van der Waals surface area (Å²) in [7, 11) is 0. The van der Waals surface area contributed by atoms with Crippen LogP contribution in [-0.2, 0) is 4.79 Å². The number of carboxylic acid groups (broad SMARTS) is 1. The van der Waals surface area contributed by atoms with Crippen LogP contribution in [-0.4, -0.2) is 40.8 Å². The normalized spacial score (nSPS) is 27.8. The maximum atomic E-state index is 13.8. The Labute approximate surface area is 95.6 Å². The van der Waals surface area contributed by atoms with E-state index in [-0.39, 0.29) is 12.8 Å². The third-order valence-electron chi connectivity index (χ3n) is 4.06. The van der Waals surface area contributed by atoms with Crippen molar-refractivity contribution >= 4 is 5.97 Å². The smallest absolute Gasteiger partial charge is 0.341 e. The Morgan fingerprint density at radius 3 is 2.25 bits per heavy atom. The fraction of sp³-hybridized carbons (Fsp3) is 0.917. The Hall–Kier alpha value is -0.640. The van der Waals surface area contributed by atoms with E-state index in [2.05, 4.69) is 4.90 Å². The summed E-state index contributed by atoms with van der Waals surface area (Å²) in [5.41, 5.74) is -1.97. The van der Waals surface area contributed by atoms with Crippen molar-refractivity contribution in [2.75, 3.05) is 13.1 Å². The lowest BCUT2D eigenvalue weighted by atomic mass is 9.89. The van der Waals surface area contributed by atoms with Gasteiger partial charge in [0.1, 0.15) is 0 Å². The molecule has 3 nitrogen and oxygen atoms in total. The first kappa shape index (κ1) is 11.8. The number of nitrogens with zero attached hydrogens (tertiary/aromatic N) is 1. The number of hydrogen-bond donors (Lipinski definition) is 1. The molecule has 1 aliphatic carbocycles. The molecule has 2 fully saturated rings. The van der Waals surface area contributed by atoms with Crippen LogP contribution in [0.1, 0.15) is 44.9 Å². The van der Waals surface area contributed by atoms with Crippen LogP contribution in [0.25, 0.3) is 0 Å². The van der Waals surface area contributed by atoms with E-state index in [0.717, 1.165) is 0 Å². The number of aliphatic carboxylic acids is 1. The second-order valence-electron chi connectivity index (χ2n) is 5.10. The van der Waals surface area contributed by atoms with Crippen molar-refractivity contribution in [1.82, 2.24) is 4.90 Å². The molecule has 1 saturated carbocycles. The lowest BCUT2D eigenvalue weighted by Crippen LogP contribution is -2.50. The van der Waals surface area contributed by atoms with E-state index in [1.807, 2.05) is 0 Å². The highest BCUT2D eigenvalue weighted by Crippen LogP contribution is 2.31. The molecule has 1 aliphatic heterocycles. The van der Waals surface area contributed by atoms with E-state index in [9.17, 15) is 9.18 Å². The molecule has 1 heterocycles. The number of likely N-dealkylation sites (tertiary alicyclic amines) is 1. The van der Waals surface area contributed by atoms with Crippen molar-refractivity contribution in [3.63, 3.8) is 0 Å². The van der Waals surface area contributed by atoms with Gasteiger partial charge in [0.25, 0.3) is 0 Å². The van der Waals surface area contributed by atoms with Crippen molar-refractivity contribution < 1.29 is 14.3 Å². The topological polar surface area (TPSA) is 40.5 Å². The highest BCUT2D eigenvalue weighted by molar-refractivity contribution is 5.77. The summed E-state index contributed by atoms with van der Waals surface area (Å²) in [6.07, 6.45) is 6.55. The third-order valence-corrected chi connectivity index (χ3v) is 4.06. The van der Waals surface area contributed by atoms with E-state index < -0.39 is 11.6 Å². The molecule has 0 spiro atoms. The molecule has 16 heavy (non-hydrogen) atoms. The average Bonchev–Trinajstić information content (AvgIpc) is 2.31. The average molecular weight is 229 g/mol. The largest absolute Gasteiger partial charge is 0.479 e. The number of carboxylic acids is 1. The van der Waals surface area contributed by atoms with Crippen LogP contribution in [0, 0.1) is 0 Å². The van der Waals surface area contributed by atoms with E-state index in [1.165, 1.54) is 32.1 Å². The van der Waals surface area contributed by atoms with Crippen LogP contribution in [0.15, 0.2) is 0 Å². The van der Waals surface area contributed by atoms with Gasteiger partial charge >= 0.3 is 5.97 Å². The van der Waals surface area contributed by atoms with Gasteiger partial charge in [0.05, 0.1) is 0 Å². The predicted molar refractivity (Wildman–Crippen MR) is 59.2 cm³/mol. The Bertz CT molecular complexity index is 256.